The molecular weight excluding hydrogens is 421 g/mol. The van der Waals surface area contributed by atoms with Crippen molar-refractivity contribution in [1.82, 2.24) is 0 Å². The molecule has 0 fully saturated rings. The minimum atomic E-state index is -4.51. The van der Waals surface area contributed by atoms with Gasteiger partial charge >= 0.3 is 6.18 Å². The zero-order chi connectivity index (χ0) is 15.1. The summed E-state index contributed by atoms with van der Waals surface area (Å²) in [7, 11) is 0. The van der Waals surface area contributed by atoms with Crippen molar-refractivity contribution in [2.24, 2.45) is 0 Å². The van der Waals surface area contributed by atoms with Crippen LogP contribution < -0.4 is 0 Å². The van der Waals surface area contributed by atoms with E-state index in [1.165, 1.54) is 23.5 Å². The highest BCUT2D eigenvalue weighted by Crippen LogP contribution is 2.40. The zero-order valence-corrected chi connectivity index (χ0v) is 14.1. The number of benzene rings is 1. The molecule has 1 aromatic carbocycles. The van der Waals surface area contributed by atoms with Gasteiger partial charge < -0.3 is 5.11 Å². The van der Waals surface area contributed by atoms with E-state index in [1.807, 2.05) is 6.92 Å². The minimum absolute atomic E-state index is 0.144. The Morgan fingerprint density at radius 2 is 1.85 bits per heavy atom. The second-order valence-electron chi connectivity index (χ2n) is 4.18. The highest BCUT2D eigenvalue weighted by molar-refractivity contribution is 9.10. The normalized spacial score (nSPS) is 13.6. The van der Waals surface area contributed by atoms with E-state index in [2.05, 4.69) is 31.9 Å². The Hall–Kier alpha value is -0.370. The average Bonchev–Trinajstić information content (AvgIpc) is 2.67. The van der Waals surface area contributed by atoms with Crippen LogP contribution in [0, 0.1) is 6.92 Å². The molecule has 1 N–H and O–H groups in total. The van der Waals surface area contributed by atoms with Gasteiger partial charge in [0.2, 0.25) is 0 Å². The molecule has 0 aliphatic heterocycles. The number of rotatable bonds is 2. The third-order valence-electron chi connectivity index (χ3n) is 2.76. The van der Waals surface area contributed by atoms with Crippen molar-refractivity contribution in [2.45, 2.75) is 19.2 Å². The summed E-state index contributed by atoms with van der Waals surface area (Å²) in [6.45, 7) is 1.83. The van der Waals surface area contributed by atoms with Gasteiger partial charge in [-0.25, -0.2) is 0 Å². The largest absolute Gasteiger partial charge is 0.416 e. The average molecular weight is 430 g/mol. The van der Waals surface area contributed by atoms with E-state index in [1.54, 1.807) is 6.07 Å². The molecule has 7 heteroatoms. The number of hydrogen-bond acceptors (Lipinski definition) is 2. The maximum Gasteiger partial charge on any atom is 0.416 e. The fraction of sp³-hybridized carbons (Fsp3) is 0.231. The highest BCUT2D eigenvalue weighted by Gasteiger charge is 2.35. The van der Waals surface area contributed by atoms with E-state index in [0.29, 0.717) is 9.35 Å². The number of hydrogen-bond donors (Lipinski definition) is 1. The molecule has 20 heavy (non-hydrogen) atoms. The lowest BCUT2D eigenvalue weighted by Gasteiger charge is -2.17. The zero-order valence-electron chi connectivity index (χ0n) is 10.1. The molecule has 2 rings (SSSR count). The van der Waals surface area contributed by atoms with E-state index >= 15 is 0 Å². The van der Waals surface area contributed by atoms with E-state index in [4.69, 9.17) is 0 Å². The maximum atomic E-state index is 13.1. The fourth-order valence-electron chi connectivity index (χ4n) is 1.78. The lowest BCUT2D eigenvalue weighted by Crippen LogP contribution is -2.12. The number of halogens is 5. The summed E-state index contributed by atoms with van der Waals surface area (Å²) in [4.78, 5) is 1.38. The molecule has 1 nitrogen and oxygen atoms in total. The van der Waals surface area contributed by atoms with Crippen molar-refractivity contribution in [1.29, 1.82) is 0 Å². The van der Waals surface area contributed by atoms with Crippen molar-refractivity contribution in [3.8, 4) is 0 Å². The Morgan fingerprint density at radius 1 is 1.20 bits per heavy atom. The highest BCUT2D eigenvalue weighted by atomic mass is 79.9. The van der Waals surface area contributed by atoms with E-state index in [0.717, 1.165) is 15.4 Å². The SMILES string of the molecule is Cc1sc(C(O)c2ccc(Br)cc2C(F)(F)F)cc1Br. The summed E-state index contributed by atoms with van der Waals surface area (Å²) in [6.07, 6.45) is -5.81. The third kappa shape index (κ3) is 3.27. The molecule has 1 aromatic heterocycles. The number of aryl methyl sites for hydroxylation is 1. The van der Waals surface area contributed by atoms with Crippen molar-refractivity contribution in [2.75, 3.05) is 0 Å². The molecule has 0 radical (unpaired) electrons. The molecular formula is C13H9Br2F3OS. The summed E-state index contributed by atoms with van der Waals surface area (Å²) < 4.78 is 40.3. The quantitative estimate of drug-likeness (QED) is 0.650. The Bertz CT molecular complexity index is 618. The second-order valence-corrected chi connectivity index (χ2v) is 7.24. The van der Waals surface area contributed by atoms with Gasteiger partial charge in [0.1, 0.15) is 6.10 Å². The van der Waals surface area contributed by atoms with Gasteiger partial charge in [0.15, 0.2) is 0 Å². The lowest BCUT2D eigenvalue weighted by atomic mass is 10.0. The van der Waals surface area contributed by atoms with Crippen LogP contribution in [0.15, 0.2) is 33.2 Å². The molecule has 0 aliphatic carbocycles. The number of aliphatic hydroxyl groups is 1. The smallest absolute Gasteiger partial charge is 0.383 e. The molecule has 0 bridgehead atoms. The molecule has 1 heterocycles. The minimum Gasteiger partial charge on any atom is -0.383 e. The molecule has 0 aliphatic rings. The third-order valence-corrected chi connectivity index (χ3v) is 5.44. The molecule has 108 valence electrons. The Morgan fingerprint density at radius 3 is 2.35 bits per heavy atom. The molecule has 1 unspecified atom stereocenters. The van der Waals surface area contributed by atoms with Crippen LogP contribution in [0.2, 0.25) is 0 Å². The molecule has 0 amide bonds. The van der Waals surface area contributed by atoms with Crippen LogP contribution in [-0.4, -0.2) is 5.11 Å². The van der Waals surface area contributed by atoms with Gasteiger partial charge in [-0.2, -0.15) is 13.2 Å². The maximum absolute atomic E-state index is 13.1. The fourth-order valence-corrected chi connectivity index (χ4v) is 3.71. The van der Waals surface area contributed by atoms with E-state index < -0.39 is 17.8 Å². The number of alkyl halides is 3. The van der Waals surface area contributed by atoms with Gasteiger partial charge in [-0.05, 0) is 46.6 Å². The van der Waals surface area contributed by atoms with Gasteiger partial charge in [0.05, 0.1) is 5.56 Å². The standard InChI is InChI=1S/C13H9Br2F3OS/c1-6-10(15)5-11(20-6)12(19)8-3-2-7(14)4-9(8)13(16,17)18/h2-5,12,19H,1H3. The summed E-state index contributed by atoms with van der Waals surface area (Å²) >= 11 is 7.58. The van der Waals surface area contributed by atoms with Crippen LogP contribution in [0.3, 0.4) is 0 Å². The lowest BCUT2D eigenvalue weighted by molar-refractivity contribution is -0.139. The summed E-state index contributed by atoms with van der Waals surface area (Å²) in [5.41, 5.74) is -0.976. The predicted octanol–water partition coefficient (Wildman–Crippen LogP) is 5.68. The van der Waals surface area contributed by atoms with Crippen molar-refractivity contribution < 1.29 is 18.3 Å². The van der Waals surface area contributed by atoms with E-state index in [9.17, 15) is 18.3 Å². The predicted molar refractivity (Wildman–Crippen MR) is 80.0 cm³/mol. The van der Waals surface area contributed by atoms with Crippen LogP contribution in [0.25, 0.3) is 0 Å². The summed E-state index contributed by atoms with van der Waals surface area (Å²) in [5, 5.41) is 10.2. The van der Waals surface area contributed by atoms with Gasteiger partial charge in [-0.1, -0.05) is 22.0 Å². The van der Waals surface area contributed by atoms with Gasteiger partial charge in [0.25, 0.3) is 0 Å². The molecule has 2 aromatic rings. The first-order valence-corrected chi connectivity index (χ1v) is 7.91. The van der Waals surface area contributed by atoms with Crippen LogP contribution in [-0.2, 0) is 6.18 Å². The topological polar surface area (TPSA) is 20.2 Å². The van der Waals surface area contributed by atoms with Crippen LogP contribution in [0.1, 0.15) is 27.0 Å². The van der Waals surface area contributed by atoms with Gasteiger partial charge in [-0.15, -0.1) is 11.3 Å². The first kappa shape index (κ1) is 16.0. The number of thiophene rings is 1. The van der Waals surface area contributed by atoms with Crippen molar-refractivity contribution in [3.05, 3.63) is 54.1 Å². The van der Waals surface area contributed by atoms with Gasteiger partial charge in [-0.3, -0.25) is 0 Å². The first-order chi connectivity index (χ1) is 9.20. The van der Waals surface area contributed by atoms with E-state index in [-0.39, 0.29) is 5.56 Å². The molecule has 1 atom stereocenters. The Kier molecular flexibility index (Phi) is 4.63. The van der Waals surface area contributed by atoms with Crippen LogP contribution in [0.4, 0.5) is 13.2 Å². The Labute approximate surface area is 134 Å². The second kappa shape index (κ2) is 5.79. The molecule has 0 saturated carbocycles. The monoisotopic (exact) mass is 428 g/mol. The first-order valence-electron chi connectivity index (χ1n) is 5.50. The van der Waals surface area contributed by atoms with Crippen LogP contribution >= 0.6 is 43.2 Å². The van der Waals surface area contributed by atoms with Crippen molar-refractivity contribution >= 4 is 43.2 Å². The van der Waals surface area contributed by atoms with Gasteiger partial charge in [0, 0.05) is 18.7 Å². The Balaban J connectivity index is 2.52. The van der Waals surface area contributed by atoms with Crippen molar-refractivity contribution in [3.63, 3.8) is 0 Å². The summed E-state index contributed by atoms with van der Waals surface area (Å²) in [5.74, 6) is 0. The van der Waals surface area contributed by atoms with Crippen LogP contribution in [0.5, 0.6) is 0 Å². The summed E-state index contributed by atoms with van der Waals surface area (Å²) in [6, 6.07) is 5.41. The number of aliphatic hydroxyl groups excluding tert-OH is 1. The molecule has 0 spiro atoms. The molecule has 0 saturated heterocycles.